The summed E-state index contributed by atoms with van der Waals surface area (Å²) in [6.45, 7) is -0.377. The quantitative estimate of drug-likeness (QED) is 0.200. The molecule has 1 aliphatic heterocycles. The largest absolute Gasteiger partial charge is 0.394 e. The van der Waals surface area contributed by atoms with E-state index in [-0.39, 0.29) is 18.6 Å². The molecule has 0 aliphatic carbocycles. The second-order valence-corrected chi connectivity index (χ2v) is 5.62. The third-order valence-electron chi connectivity index (χ3n) is 3.39. The van der Waals surface area contributed by atoms with Gasteiger partial charge in [-0.15, -0.1) is 0 Å². The zero-order valence-corrected chi connectivity index (χ0v) is 13.5. The molecule has 0 bridgehead atoms. The molecule has 11 heteroatoms. The van der Waals surface area contributed by atoms with Crippen molar-refractivity contribution in [3.63, 3.8) is 0 Å². The molecule has 1 aromatic heterocycles. The van der Waals surface area contributed by atoms with Crippen LogP contribution in [0.25, 0.3) is 10.4 Å². The molecule has 1 aliphatic rings. The number of aliphatic hydroxyl groups excluding tert-OH is 2. The van der Waals surface area contributed by atoms with E-state index in [1.165, 1.54) is 6.20 Å². The molecule has 4 atom stereocenters. The molecule has 22 heavy (non-hydrogen) atoms. The van der Waals surface area contributed by atoms with E-state index in [0.717, 1.165) is 4.57 Å². The molecule has 0 amide bonds. The van der Waals surface area contributed by atoms with Crippen LogP contribution in [0, 0.1) is 0 Å². The predicted molar refractivity (Wildman–Crippen MR) is 83.7 cm³/mol. The van der Waals surface area contributed by atoms with Gasteiger partial charge in [0.25, 0.3) is 5.56 Å². The van der Waals surface area contributed by atoms with Gasteiger partial charge in [-0.2, -0.15) is 0 Å². The number of aromatic amines is 1. The topological polar surface area (TPSA) is 153 Å². The summed E-state index contributed by atoms with van der Waals surface area (Å²) >= 11 is 1.96. The van der Waals surface area contributed by atoms with Crippen molar-refractivity contribution in [1.82, 2.24) is 9.55 Å². The Hall–Kier alpha value is -1.40. The zero-order chi connectivity index (χ0) is 16.3. The van der Waals surface area contributed by atoms with Crippen LogP contribution in [0.1, 0.15) is 24.3 Å². The summed E-state index contributed by atoms with van der Waals surface area (Å²) in [7, 11) is 0. The number of hydrogen-bond donors (Lipinski definition) is 3. The van der Waals surface area contributed by atoms with Crippen molar-refractivity contribution in [3.8, 4) is 0 Å². The molecule has 2 heterocycles. The standard InChI is InChI=1S/C11H14IN5O5/c12-2-6(15-16-13)5-3-17(11(21)14-10(5)20)9-1-7(19)8(4-18)22-9/h3,6-9,18-19H,1-2,4H2,(H,14,20,21)/t6?,7-,8+,9+/m0/s1. The Labute approximate surface area is 137 Å². The van der Waals surface area contributed by atoms with E-state index < -0.39 is 35.7 Å². The van der Waals surface area contributed by atoms with E-state index in [1.807, 2.05) is 22.6 Å². The van der Waals surface area contributed by atoms with Gasteiger partial charge in [0.1, 0.15) is 12.3 Å². The molecule has 1 saturated heterocycles. The van der Waals surface area contributed by atoms with Crippen LogP contribution in [0.3, 0.4) is 0 Å². The molecular weight excluding hydrogens is 409 g/mol. The number of rotatable bonds is 5. The molecule has 3 N–H and O–H groups in total. The summed E-state index contributed by atoms with van der Waals surface area (Å²) < 4.78 is 6.88. The van der Waals surface area contributed by atoms with Crippen molar-refractivity contribution < 1.29 is 14.9 Å². The molecule has 10 nitrogen and oxygen atoms in total. The number of H-pyrrole nitrogens is 1. The number of hydrogen-bond acceptors (Lipinski definition) is 6. The van der Waals surface area contributed by atoms with Gasteiger partial charge >= 0.3 is 5.69 Å². The Kier molecular flexibility index (Phi) is 5.58. The first-order valence-electron chi connectivity index (χ1n) is 6.41. The Bertz CT molecular complexity index is 697. The Balaban J connectivity index is 2.43. The van der Waals surface area contributed by atoms with Crippen LogP contribution in [-0.4, -0.2) is 43.0 Å². The summed E-state index contributed by atoms with van der Waals surface area (Å²) in [6.07, 6.45) is -1.13. The average molecular weight is 423 g/mol. The maximum absolute atomic E-state index is 11.9. The van der Waals surface area contributed by atoms with Gasteiger partial charge in [-0.3, -0.25) is 14.3 Å². The summed E-state index contributed by atoms with van der Waals surface area (Å²) in [5, 5.41) is 22.3. The predicted octanol–water partition coefficient (Wildman–Crippen LogP) is -0.0363. The lowest BCUT2D eigenvalue weighted by Crippen LogP contribution is -2.35. The van der Waals surface area contributed by atoms with Crippen LogP contribution in [0.15, 0.2) is 20.9 Å². The fraction of sp³-hybridized carbons (Fsp3) is 0.636. The van der Waals surface area contributed by atoms with Gasteiger partial charge in [0.05, 0.1) is 18.8 Å². The molecule has 0 aromatic carbocycles. The van der Waals surface area contributed by atoms with Crippen molar-refractivity contribution in [2.75, 3.05) is 11.0 Å². The number of aromatic nitrogens is 2. The van der Waals surface area contributed by atoms with Gasteiger partial charge in [0, 0.05) is 27.5 Å². The molecule has 1 unspecified atom stereocenters. The van der Waals surface area contributed by atoms with Crippen molar-refractivity contribution in [2.24, 2.45) is 5.11 Å². The number of nitrogens with one attached hydrogen (secondary N) is 1. The average Bonchev–Trinajstić information content (AvgIpc) is 2.86. The smallest absolute Gasteiger partial charge is 0.330 e. The third-order valence-corrected chi connectivity index (χ3v) is 4.22. The number of nitrogens with zero attached hydrogens (tertiary/aromatic N) is 4. The van der Waals surface area contributed by atoms with Crippen LogP contribution in [0.2, 0.25) is 0 Å². The summed E-state index contributed by atoms with van der Waals surface area (Å²) in [4.78, 5) is 28.6. The van der Waals surface area contributed by atoms with E-state index >= 15 is 0 Å². The number of aliphatic hydroxyl groups is 2. The Morgan fingerprint density at radius 2 is 2.36 bits per heavy atom. The highest BCUT2D eigenvalue weighted by Gasteiger charge is 2.35. The summed E-state index contributed by atoms with van der Waals surface area (Å²) in [5.74, 6) is 0. The van der Waals surface area contributed by atoms with Gasteiger partial charge < -0.3 is 14.9 Å². The van der Waals surface area contributed by atoms with Crippen molar-refractivity contribution in [1.29, 1.82) is 0 Å². The molecular formula is C11H14IN5O5. The van der Waals surface area contributed by atoms with Crippen molar-refractivity contribution in [2.45, 2.75) is 30.9 Å². The van der Waals surface area contributed by atoms with Gasteiger partial charge in [-0.1, -0.05) is 27.7 Å². The van der Waals surface area contributed by atoms with E-state index in [9.17, 15) is 14.7 Å². The van der Waals surface area contributed by atoms with Crippen LogP contribution in [0.4, 0.5) is 0 Å². The van der Waals surface area contributed by atoms with Crippen LogP contribution >= 0.6 is 22.6 Å². The summed E-state index contributed by atoms with van der Waals surface area (Å²) in [5.41, 5.74) is 7.35. The first-order chi connectivity index (χ1) is 10.5. The minimum atomic E-state index is -0.908. The first-order valence-corrected chi connectivity index (χ1v) is 7.94. The third kappa shape index (κ3) is 3.33. The highest BCUT2D eigenvalue weighted by molar-refractivity contribution is 14.1. The molecule has 1 fully saturated rings. The lowest BCUT2D eigenvalue weighted by Gasteiger charge is -2.16. The Morgan fingerprint density at radius 1 is 1.64 bits per heavy atom. The van der Waals surface area contributed by atoms with Crippen LogP contribution in [0.5, 0.6) is 0 Å². The molecule has 2 rings (SSSR count). The highest BCUT2D eigenvalue weighted by Crippen LogP contribution is 2.28. The first kappa shape index (κ1) is 17.0. The zero-order valence-electron chi connectivity index (χ0n) is 11.3. The maximum atomic E-state index is 11.9. The second-order valence-electron chi connectivity index (χ2n) is 4.74. The molecule has 0 radical (unpaired) electrons. The van der Waals surface area contributed by atoms with E-state index in [4.69, 9.17) is 15.4 Å². The fourth-order valence-electron chi connectivity index (χ4n) is 2.24. The lowest BCUT2D eigenvalue weighted by atomic mass is 10.1. The molecule has 0 spiro atoms. The lowest BCUT2D eigenvalue weighted by molar-refractivity contribution is -0.0460. The summed E-state index contributed by atoms with van der Waals surface area (Å²) in [6, 6.07) is -0.721. The normalized spacial score (nSPS) is 25.7. The maximum Gasteiger partial charge on any atom is 0.330 e. The van der Waals surface area contributed by atoms with E-state index in [0.29, 0.717) is 4.43 Å². The monoisotopic (exact) mass is 423 g/mol. The Morgan fingerprint density at radius 3 is 2.91 bits per heavy atom. The van der Waals surface area contributed by atoms with Gasteiger partial charge in [-0.25, -0.2) is 4.79 Å². The molecule has 120 valence electrons. The van der Waals surface area contributed by atoms with Crippen molar-refractivity contribution >= 4 is 22.6 Å². The highest BCUT2D eigenvalue weighted by atomic mass is 127. The van der Waals surface area contributed by atoms with Gasteiger partial charge in [0.2, 0.25) is 0 Å². The second kappa shape index (κ2) is 7.24. The van der Waals surface area contributed by atoms with E-state index in [1.54, 1.807) is 0 Å². The van der Waals surface area contributed by atoms with Gasteiger partial charge in [0.15, 0.2) is 0 Å². The SMILES string of the molecule is [N-]=[N+]=NC(CI)c1cn([C@H]2C[C@H](O)[C@@H](CO)O2)c(=O)[nH]c1=O. The molecule has 1 aromatic rings. The van der Waals surface area contributed by atoms with Crippen LogP contribution in [-0.2, 0) is 4.74 Å². The molecule has 0 saturated carbocycles. The number of azide groups is 1. The van der Waals surface area contributed by atoms with Crippen LogP contribution < -0.4 is 11.2 Å². The number of ether oxygens (including phenoxy) is 1. The van der Waals surface area contributed by atoms with Gasteiger partial charge in [-0.05, 0) is 5.53 Å². The minimum absolute atomic E-state index is 0.104. The fourth-order valence-corrected chi connectivity index (χ4v) is 2.89. The number of alkyl halides is 1. The van der Waals surface area contributed by atoms with E-state index in [2.05, 4.69) is 15.0 Å². The minimum Gasteiger partial charge on any atom is -0.394 e. The van der Waals surface area contributed by atoms with Crippen molar-refractivity contribution in [3.05, 3.63) is 43.0 Å². The number of halogens is 1.